The van der Waals surface area contributed by atoms with Crippen molar-refractivity contribution in [2.24, 2.45) is 5.92 Å². The van der Waals surface area contributed by atoms with Crippen molar-refractivity contribution in [2.75, 3.05) is 0 Å². The van der Waals surface area contributed by atoms with E-state index in [-0.39, 0.29) is 0 Å². The van der Waals surface area contributed by atoms with Gasteiger partial charge in [-0.25, -0.2) is 4.68 Å². The average molecular weight is 250 g/mol. The van der Waals surface area contributed by atoms with Crippen molar-refractivity contribution in [3.05, 3.63) is 17.9 Å². The van der Waals surface area contributed by atoms with Crippen LogP contribution in [-0.4, -0.2) is 31.3 Å². The predicted octanol–water partition coefficient (Wildman–Crippen LogP) is 1.35. The van der Waals surface area contributed by atoms with Gasteiger partial charge in [0.25, 0.3) is 0 Å². The molecule has 2 rings (SSSR count). The largest absolute Gasteiger partial charge is 0.481 e. The maximum atomic E-state index is 10.7. The highest BCUT2D eigenvalue weighted by Crippen LogP contribution is 2.19. The lowest BCUT2D eigenvalue weighted by atomic mass is 10.1. The SMILES string of the molecule is Cc1ccc(-c2nnnn2CCC(C)C(=O)O)o1. The summed E-state index contributed by atoms with van der Waals surface area (Å²) >= 11 is 0. The Morgan fingerprint density at radius 2 is 2.33 bits per heavy atom. The first-order valence-corrected chi connectivity index (χ1v) is 5.63. The third kappa shape index (κ3) is 2.55. The van der Waals surface area contributed by atoms with Crippen LogP contribution in [0.15, 0.2) is 16.5 Å². The van der Waals surface area contributed by atoms with Gasteiger partial charge >= 0.3 is 5.97 Å². The van der Waals surface area contributed by atoms with Crippen molar-refractivity contribution in [3.8, 4) is 11.6 Å². The number of tetrazole rings is 1. The number of hydrogen-bond donors (Lipinski definition) is 1. The lowest BCUT2D eigenvalue weighted by Gasteiger charge is -2.06. The van der Waals surface area contributed by atoms with Gasteiger partial charge in [-0.15, -0.1) is 5.10 Å². The van der Waals surface area contributed by atoms with Crippen LogP contribution in [0.2, 0.25) is 0 Å². The molecule has 7 heteroatoms. The number of carbonyl (C=O) groups is 1. The van der Waals surface area contributed by atoms with Gasteiger partial charge in [-0.1, -0.05) is 6.92 Å². The minimum atomic E-state index is -0.821. The molecule has 0 spiro atoms. The molecule has 0 aliphatic rings. The van der Waals surface area contributed by atoms with Crippen molar-refractivity contribution >= 4 is 5.97 Å². The van der Waals surface area contributed by atoms with Crippen LogP contribution in [0.25, 0.3) is 11.6 Å². The van der Waals surface area contributed by atoms with Gasteiger partial charge in [-0.05, 0) is 35.9 Å². The molecule has 2 aromatic rings. The molecule has 0 saturated carbocycles. The van der Waals surface area contributed by atoms with Crippen molar-refractivity contribution in [2.45, 2.75) is 26.8 Å². The molecule has 1 unspecified atom stereocenters. The fourth-order valence-corrected chi connectivity index (χ4v) is 1.53. The molecule has 96 valence electrons. The molecule has 1 atom stereocenters. The second-order valence-electron chi connectivity index (χ2n) is 4.16. The highest BCUT2D eigenvalue weighted by Gasteiger charge is 2.15. The van der Waals surface area contributed by atoms with Crippen LogP contribution < -0.4 is 0 Å². The summed E-state index contributed by atoms with van der Waals surface area (Å²) in [6.45, 7) is 3.93. The Morgan fingerprint density at radius 3 is 2.94 bits per heavy atom. The molecular weight excluding hydrogens is 236 g/mol. The van der Waals surface area contributed by atoms with E-state index < -0.39 is 11.9 Å². The second kappa shape index (κ2) is 4.99. The zero-order valence-corrected chi connectivity index (χ0v) is 10.2. The van der Waals surface area contributed by atoms with E-state index in [0.717, 1.165) is 5.76 Å². The molecular formula is C11H14N4O3. The number of rotatable bonds is 5. The van der Waals surface area contributed by atoms with Gasteiger partial charge in [0.2, 0.25) is 5.82 Å². The van der Waals surface area contributed by atoms with Gasteiger partial charge in [0.05, 0.1) is 5.92 Å². The van der Waals surface area contributed by atoms with Gasteiger partial charge < -0.3 is 9.52 Å². The summed E-state index contributed by atoms with van der Waals surface area (Å²) in [6, 6.07) is 3.62. The topological polar surface area (TPSA) is 94.0 Å². The maximum absolute atomic E-state index is 10.7. The molecule has 0 bridgehead atoms. The summed E-state index contributed by atoms with van der Waals surface area (Å²) in [4.78, 5) is 10.7. The number of carboxylic acids is 1. The van der Waals surface area contributed by atoms with Crippen LogP contribution in [-0.2, 0) is 11.3 Å². The monoisotopic (exact) mass is 250 g/mol. The zero-order chi connectivity index (χ0) is 13.1. The third-order valence-electron chi connectivity index (χ3n) is 2.69. The van der Waals surface area contributed by atoms with E-state index in [4.69, 9.17) is 9.52 Å². The molecule has 0 fully saturated rings. The summed E-state index contributed by atoms with van der Waals surface area (Å²) in [6.07, 6.45) is 0.465. The minimum Gasteiger partial charge on any atom is -0.481 e. The van der Waals surface area contributed by atoms with E-state index in [0.29, 0.717) is 24.6 Å². The van der Waals surface area contributed by atoms with Crippen LogP contribution in [0.4, 0.5) is 0 Å². The predicted molar refractivity (Wildman–Crippen MR) is 61.7 cm³/mol. The quantitative estimate of drug-likeness (QED) is 0.860. The van der Waals surface area contributed by atoms with Gasteiger partial charge in [0, 0.05) is 6.54 Å². The van der Waals surface area contributed by atoms with Crippen LogP contribution in [0.1, 0.15) is 19.1 Å². The van der Waals surface area contributed by atoms with Crippen molar-refractivity contribution in [1.82, 2.24) is 20.2 Å². The molecule has 2 aromatic heterocycles. The standard InChI is InChI=1S/C11H14N4O3/c1-7(11(16)17)5-6-15-10(12-13-14-15)9-4-3-8(2)18-9/h3-4,7H,5-6H2,1-2H3,(H,16,17). The van der Waals surface area contributed by atoms with E-state index in [1.165, 1.54) is 0 Å². The number of aryl methyl sites for hydroxylation is 2. The molecule has 0 aliphatic carbocycles. The van der Waals surface area contributed by atoms with E-state index in [1.807, 2.05) is 13.0 Å². The first-order chi connectivity index (χ1) is 8.58. The number of aromatic nitrogens is 4. The Kier molecular flexibility index (Phi) is 3.40. The Hall–Kier alpha value is -2.18. The Bertz CT molecular complexity index is 546. The fourth-order valence-electron chi connectivity index (χ4n) is 1.53. The molecule has 7 nitrogen and oxygen atoms in total. The lowest BCUT2D eigenvalue weighted by Crippen LogP contribution is -2.13. The molecule has 18 heavy (non-hydrogen) atoms. The summed E-state index contributed by atoms with van der Waals surface area (Å²) < 4.78 is 7.00. The van der Waals surface area contributed by atoms with Gasteiger partial charge in [-0.3, -0.25) is 4.79 Å². The molecule has 0 radical (unpaired) electrons. The normalized spacial score (nSPS) is 12.6. The number of aliphatic carboxylic acids is 1. The number of hydrogen-bond acceptors (Lipinski definition) is 5. The van der Waals surface area contributed by atoms with E-state index >= 15 is 0 Å². The van der Waals surface area contributed by atoms with E-state index in [9.17, 15) is 4.79 Å². The van der Waals surface area contributed by atoms with E-state index in [2.05, 4.69) is 15.5 Å². The lowest BCUT2D eigenvalue weighted by molar-refractivity contribution is -0.141. The highest BCUT2D eigenvalue weighted by atomic mass is 16.4. The summed E-state index contributed by atoms with van der Waals surface area (Å²) in [7, 11) is 0. The van der Waals surface area contributed by atoms with Crippen molar-refractivity contribution in [1.29, 1.82) is 0 Å². The Labute approximate surface area is 103 Å². The van der Waals surface area contributed by atoms with Gasteiger partial charge in [-0.2, -0.15) is 0 Å². The summed E-state index contributed by atoms with van der Waals surface area (Å²) in [5.41, 5.74) is 0. The Morgan fingerprint density at radius 1 is 1.56 bits per heavy atom. The number of carboxylic acid groups (broad SMARTS) is 1. The maximum Gasteiger partial charge on any atom is 0.306 e. The molecule has 0 aliphatic heterocycles. The first-order valence-electron chi connectivity index (χ1n) is 5.63. The zero-order valence-electron chi connectivity index (χ0n) is 10.2. The third-order valence-corrected chi connectivity index (χ3v) is 2.69. The Balaban J connectivity index is 2.11. The molecule has 0 saturated heterocycles. The van der Waals surface area contributed by atoms with Crippen LogP contribution in [0.3, 0.4) is 0 Å². The van der Waals surface area contributed by atoms with Crippen molar-refractivity contribution < 1.29 is 14.3 Å². The van der Waals surface area contributed by atoms with Crippen molar-refractivity contribution in [3.63, 3.8) is 0 Å². The van der Waals surface area contributed by atoms with E-state index in [1.54, 1.807) is 17.7 Å². The second-order valence-corrected chi connectivity index (χ2v) is 4.16. The van der Waals surface area contributed by atoms with Crippen LogP contribution in [0.5, 0.6) is 0 Å². The summed E-state index contributed by atoms with van der Waals surface area (Å²) in [5.74, 6) is 0.624. The highest BCUT2D eigenvalue weighted by molar-refractivity contribution is 5.69. The molecule has 2 heterocycles. The number of nitrogens with zero attached hydrogens (tertiary/aromatic N) is 4. The fraction of sp³-hybridized carbons (Fsp3) is 0.455. The average Bonchev–Trinajstić information content (AvgIpc) is 2.93. The molecule has 0 aromatic carbocycles. The minimum absolute atomic E-state index is 0.430. The number of furan rings is 1. The molecule has 0 amide bonds. The van der Waals surface area contributed by atoms with Gasteiger partial charge in [0.1, 0.15) is 5.76 Å². The first kappa shape index (κ1) is 12.3. The van der Waals surface area contributed by atoms with Gasteiger partial charge in [0.15, 0.2) is 5.76 Å². The smallest absolute Gasteiger partial charge is 0.306 e. The molecule has 1 N–H and O–H groups in total. The summed E-state index contributed by atoms with van der Waals surface area (Å²) in [5, 5.41) is 20.1. The van der Waals surface area contributed by atoms with Crippen LogP contribution in [0, 0.1) is 12.8 Å². The van der Waals surface area contributed by atoms with Crippen LogP contribution >= 0.6 is 0 Å².